The molecule has 0 N–H and O–H groups in total. The van der Waals surface area contributed by atoms with Gasteiger partial charge < -0.3 is 18.7 Å². The van der Waals surface area contributed by atoms with Crippen LogP contribution in [-0.4, -0.2) is 31.4 Å². The molecule has 0 saturated carbocycles. The van der Waals surface area contributed by atoms with Crippen LogP contribution in [0, 0.1) is 10.1 Å². The third-order valence-electron chi connectivity index (χ3n) is 3.83. The van der Waals surface area contributed by atoms with Crippen molar-refractivity contribution < 1.29 is 23.7 Å². The molecular formula is C18H16N2O6. The zero-order valence-electron chi connectivity index (χ0n) is 14.4. The molecule has 26 heavy (non-hydrogen) atoms. The Bertz CT molecular complexity index is 908. The maximum atomic E-state index is 10.7. The summed E-state index contributed by atoms with van der Waals surface area (Å²) in [4.78, 5) is 10.3. The highest BCUT2D eigenvalue weighted by atomic mass is 16.6. The predicted molar refractivity (Wildman–Crippen MR) is 93.7 cm³/mol. The molecule has 0 bridgehead atoms. The normalized spacial score (nSPS) is 10.4. The molecule has 0 saturated heterocycles. The monoisotopic (exact) mass is 356 g/mol. The number of methoxy groups -OCH3 is 3. The van der Waals surface area contributed by atoms with Crippen molar-refractivity contribution >= 4 is 5.69 Å². The number of rotatable bonds is 6. The van der Waals surface area contributed by atoms with E-state index in [-0.39, 0.29) is 5.69 Å². The molecule has 134 valence electrons. The van der Waals surface area contributed by atoms with Crippen LogP contribution in [0.2, 0.25) is 0 Å². The highest BCUT2D eigenvalue weighted by molar-refractivity contribution is 5.72. The zero-order chi connectivity index (χ0) is 18.7. The first kappa shape index (κ1) is 17.3. The molecule has 0 atom stereocenters. The van der Waals surface area contributed by atoms with E-state index in [1.54, 1.807) is 30.3 Å². The number of non-ortho nitro benzene ring substituents is 1. The van der Waals surface area contributed by atoms with Crippen molar-refractivity contribution in [3.63, 3.8) is 0 Å². The van der Waals surface area contributed by atoms with E-state index in [2.05, 4.69) is 5.16 Å². The van der Waals surface area contributed by atoms with E-state index in [4.69, 9.17) is 18.7 Å². The van der Waals surface area contributed by atoms with Gasteiger partial charge in [-0.15, -0.1) is 0 Å². The van der Waals surface area contributed by atoms with Crippen molar-refractivity contribution in [3.8, 4) is 39.8 Å². The zero-order valence-corrected chi connectivity index (χ0v) is 14.4. The maximum Gasteiger partial charge on any atom is 0.269 e. The first-order valence-electron chi connectivity index (χ1n) is 7.59. The predicted octanol–water partition coefficient (Wildman–Crippen LogP) is 3.94. The number of aromatic nitrogens is 1. The van der Waals surface area contributed by atoms with Gasteiger partial charge in [0.2, 0.25) is 5.75 Å². The number of nitrogens with zero attached hydrogens (tertiary/aromatic N) is 2. The van der Waals surface area contributed by atoms with Gasteiger partial charge in [-0.2, -0.15) is 0 Å². The Kier molecular flexibility index (Phi) is 4.74. The topological polar surface area (TPSA) is 96.9 Å². The summed E-state index contributed by atoms with van der Waals surface area (Å²) in [5.74, 6) is 1.98. The lowest BCUT2D eigenvalue weighted by Gasteiger charge is -2.13. The summed E-state index contributed by atoms with van der Waals surface area (Å²) in [6.07, 6.45) is 0. The lowest BCUT2D eigenvalue weighted by molar-refractivity contribution is -0.384. The van der Waals surface area contributed by atoms with Gasteiger partial charge >= 0.3 is 0 Å². The fraction of sp³-hybridized carbons (Fsp3) is 0.167. The van der Waals surface area contributed by atoms with Crippen LogP contribution in [-0.2, 0) is 0 Å². The molecule has 0 aliphatic rings. The van der Waals surface area contributed by atoms with Gasteiger partial charge in [-0.05, 0) is 24.3 Å². The minimum Gasteiger partial charge on any atom is -0.493 e. The third-order valence-corrected chi connectivity index (χ3v) is 3.83. The summed E-state index contributed by atoms with van der Waals surface area (Å²) in [5.41, 5.74) is 1.98. The second-order valence-electron chi connectivity index (χ2n) is 5.29. The van der Waals surface area contributed by atoms with Gasteiger partial charge in [-0.3, -0.25) is 10.1 Å². The SMILES string of the molecule is COc1cc(-c2cc(-c3ccc([N+](=O)[O-])cc3)on2)cc(OC)c1OC. The Morgan fingerprint density at radius 3 is 2.04 bits per heavy atom. The van der Waals surface area contributed by atoms with Crippen molar-refractivity contribution in [2.45, 2.75) is 0 Å². The van der Waals surface area contributed by atoms with Crippen LogP contribution in [0.3, 0.4) is 0 Å². The molecule has 0 fully saturated rings. The Hall–Kier alpha value is -3.55. The van der Waals surface area contributed by atoms with E-state index in [0.29, 0.717) is 34.3 Å². The van der Waals surface area contributed by atoms with Crippen LogP contribution in [0.4, 0.5) is 5.69 Å². The van der Waals surface area contributed by atoms with Crippen molar-refractivity contribution in [1.82, 2.24) is 5.16 Å². The highest BCUT2D eigenvalue weighted by Gasteiger charge is 2.17. The lowest BCUT2D eigenvalue weighted by Crippen LogP contribution is -1.95. The van der Waals surface area contributed by atoms with E-state index >= 15 is 0 Å². The van der Waals surface area contributed by atoms with E-state index in [1.807, 2.05) is 0 Å². The van der Waals surface area contributed by atoms with Crippen molar-refractivity contribution in [2.75, 3.05) is 21.3 Å². The molecule has 0 amide bonds. The van der Waals surface area contributed by atoms with E-state index in [9.17, 15) is 10.1 Å². The van der Waals surface area contributed by atoms with Gasteiger partial charge in [-0.1, -0.05) is 5.16 Å². The number of ether oxygens (including phenoxy) is 3. The molecule has 0 unspecified atom stereocenters. The van der Waals surface area contributed by atoms with E-state index in [0.717, 1.165) is 5.56 Å². The quantitative estimate of drug-likeness (QED) is 0.487. The second kappa shape index (κ2) is 7.14. The van der Waals surface area contributed by atoms with Crippen molar-refractivity contribution in [2.24, 2.45) is 0 Å². The molecule has 2 aromatic carbocycles. The summed E-state index contributed by atoms with van der Waals surface area (Å²) < 4.78 is 21.4. The summed E-state index contributed by atoms with van der Waals surface area (Å²) in [7, 11) is 4.60. The van der Waals surface area contributed by atoms with Gasteiger partial charge in [0.1, 0.15) is 5.69 Å². The largest absolute Gasteiger partial charge is 0.493 e. The summed E-state index contributed by atoms with van der Waals surface area (Å²) in [5, 5.41) is 14.8. The van der Waals surface area contributed by atoms with Gasteiger partial charge in [0, 0.05) is 29.3 Å². The third kappa shape index (κ3) is 3.16. The standard InChI is InChI=1S/C18H16N2O6/c1-23-16-8-12(9-17(24-2)18(16)25-3)14-10-15(26-19-14)11-4-6-13(7-5-11)20(21)22/h4-10H,1-3H3. The van der Waals surface area contributed by atoms with Gasteiger partial charge in [0.15, 0.2) is 17.3 Å². The molecule has 8 nitrogen and oxygen atoms in total. The van der Waals surface area contributed by atoms with Crippen LogP contribution in [0.5, 0.6) is 17.2 Å². The number of nitro groups is 1. The van der Waals surface area contributed by atoms with Crippen LogP contribution in [0.25, 0.3) is 22.6 Å². The molecule has 0 spiro atoms. The molecule has 8 heteroatoms. The molecule has 0 radical (unpaired) electrons. The number of hydrogen-bond donors (Lipinski definition) is 0. The molecule has 3 aromatic rings. The number of benzene rings is 2. The Labute approximate surface area is 149 Å². The maximum absolute atomic E-state index is 10.7. The fourth-order valence-electron chi connectivity index (χ4n) is 2.52. The summed E-state index contributed by atoms with van der Waals surface area (Å²) in [6, 6.07) is 11.3. The average Bonchev–Trinajstić information content (AvgIpc) is 3.17. The van der Waals surface area contributed by atoms with E-state index < -0.39 is 4.92 Å². The van der Waals surface area contributed by atoms with Gasteiger partial charge in [0.05, 0.1) is 26.3 Å². The molecule has 1 heterocycles. The molecule has 3 rings (SSSR count). The summed E-state index contributed by atoms with van der Waals surface area (Å²) in [6.45, 7) is 0. The van der Waals surface area contributed by atoms with Crippen molar-refractivity contribution in [1.29, 1.82) is 0 Å². The Balaban J connectivity index is 1.98. The van der Waals surface area contributed by atoms with Crippen LogP contribution >= 0.6 is 0 Å². The molecule has 1 aromatic heterocycles. The summed E-state index contributed by atoms with van der Waals surface area (Å²) >= 11 is 0. The van der Waals surface area contributed by atoms with Crippen LogP contribution < -0.4 is 14.2 Å². The van der Waals surface area contributed by atoms with Gasteiger partial charge in [-0.25, -0.2) is 0 Å². The van der Waals surface area contributed by atoms with Crippen molar-refractivity contribution in [3.05, 3.63) is 52.6 Å². The van der Waals surface area contributed by atoms with Crippen LogP contribution in [0.15, 0.2) is 47.0 Å². The lowest BCUT2D eigenvalue weighted by atomic mass is 10.1. The molecule has 0 aliphatic carbocycles. The fourth-order valence-corrected chi connectivity index (χ4v) is 2.52. The first-order valence-corrected chi connectivity index (χ1v) is 7.59. The minimum atomic E-state index is -0.453. The average molecular weight is 356 g/mol. The second-order valence-corrected chi connectivity index (χ2v) is 5.29. The Morgan fingerprint density at radius 1 is 0.923 bits per heavy atom. The Morgan fingerprint density at radius 2 is 1.54 bits per heavy atom. The molecule has 0 aliphatic heterocycles. The molecular weight excluding hydrogens is 340 g/mol. The number of nitro benzene ring substituents is 1. The van der Waals surface area contributed by atoms with E-state index in [1.165, 1.54) is 33.5 Å². The minimum absolute atomic E-state index is 0.0121. The smallest absolute Gasteiger partial charge is 0.269 e. The van der Waals surface area contributed by atoms with Crippen LogP contribution in [0.1, 0.15) is 0 Å². The first-order chi connectivity index (χ1) is 12.6. The van der Waals surface area contributed by atoms with Gasteiger partial charge in [0.25, 0.3) is 5.69 Å². The highest BCUT2D eigenvalue weighted by Crippen LogP contribution is 2.41. The number of hydrogen-bond acceptors (Lipinski definition) is 7.